The van der Waals surface area contributed by atoms with Gasteiger partial charge in [0.15, 0.2) is 6.29 Å². The molecule has 41 heavy (non-hydrogen) atoms. The van der Waals surface area contributed by atoms with E-state index in [-0.39, 0.29) is 54.2 Å². The molecule has 2 aromatic rings. The van der Waals surface area contributed by atoms with Crippen LogP contribution in [0.25, 0.3) is 0 Å². The van der Waals surface area contributed by atoms with Gasteiger partial charge in [0.05, 0.1) is 36.9 Å². The molecule has 2 N–H and O–H groups in total. The van der Waals surface area contributed by atoms with Crippen LogP contribution in [0.4, 0.5) is 4.79 Å². The lowest BCUT2D eigenvalue weighted by Crippen LogP contribution is -2.52. The number of hydrogen-bond donors (Lipinski definition) is 2. The van der Waals surface area contributed by atoms with Crippen LogP contribution in [-0.4, -0.2) is 81.4 Å². The van der Waals surface area contributed by atoms with Crippen molar-refractivity contribution in [2.45, 2.75) is 68.6 Å². The van der Waals surface area contributed by atoms with E-state index in [9.17, 15) is 18.3 Å². The predicted molar refractivity (Wildman–Crippen MR) is 151 cm³/mol. The normalized spacial score (nSPS) is 26.6. The van der Waals surface area contributed by atoms with E-state index in [0.717, 1.165) is 12.0 Å². The van der Waals surface area contributed by atoms with Crippen molar-refractivity contribution >= 4 is 16.1 Å². The number of ether oxygens (including phenoxy) is 4. The lowest BCUT2D eigenvalue weighted by molar-refractivity contribution is -0.130. The van der Waals surface area contributed by atoms with E-state index in [0.29, 0.717) is 25.2 Å². The molecule has 11 heteroatoms. The van der Waals surface area contributed by atoms with Crippen molar-refractivity contribution in [1.29, 1.82) is 0 Å². The van der Waals surface area contributed by atoms with Crippen LogP contribution in [0.5, 0.6) is 5.75 Å². The Bertz CT molecular complexity index is 1270. The average Bonchev–Trinajstić information content (AvgIpc) is 3.50. The molecule has 2 aliphatic heterocycles. The van der Waals surface area contributed by atoms with Gasteiger partial charge in [-0.25, -0.2) is 13.2 Å². The Hall–Kier alpha value is -2.70. The Labute approximate surface area is 242 Å². The third-order valence-electron chi connectivity index (χ3n) is 8.17. The van der Waals surface area contributed by atoms with Gasteiger partial charge in [0.2, 0.25) is 10.0 Å². The first-order valence-corrected chi connectivity index (χ1v) is 15.7. The second-order valence-electron chi connectivity index (χ2n) is 11.6. The van der Waals surface area contributed by atoms with E-state index in [1.807, 2.05) is 44.2 Å². The van der Waals surface area contributed by atoms with Gasteiger partial charge in [-0.05, 0) is 48.6 Å². The zero-order chi connectivity index (χ0) is 29.1. The highest BCUT2D eigenvalue weighted by molar-refractivity contribution is 7.89. The molecule has 2 bridgehead atoms. The van der Waals surface area contributed by atoms with E-state index >= 15 is 0 Å². The summed E-state index contributed by atoms with van der Waals surface area (Å²) < 4.78 is 51.3. The zero-order valence-electron chi connectivity index (χ0n) is 23.7. The number of rotatable bonds is 12. The van der Waals surface area contributed by atoms with Crippen molar-refractivity contribution in [3.63, 3.8) is 0 Å². The molecule has 5 rings (SSSR count). The van der Waals surface area contributed by atoms with Crippen molar-refractivity contribution in [3.05, 3.63) is 60.2 Å². The van der Waals surface area contributed by atoms with Gasteiger partial charge >= 0.3 is 6.09 Å². The van der Waals surface area contributed by atoms with Gasteiger partial charge in [-0.1, -0.05) is 44.2 Å². The lowest BCUT2D eigenvalue weighted by atomic mass is 9.79. The van der Waals surface area contributed by atoms with Gasteiger partial charge in [-0.3, -0.25) is 0 Å². The van der Waals surface area contributed by atoms with Gasteiger partial charge in [-0.15, -0.1) is 0 Å². The van der Waals surface area contributed by atoms with Crippen LogP contribution in [0.1, 0.15) is 32.3 Å². The molecular formula is C30H40N2O8S. The molecule has 1 saturated carbocycles. The van der Waals surface area contributed by atoms with Crippen molar-refractivity contribution in [2.24, 2.45) is 17.8 Å². The number of carbonyl (C=O) groups is 1. The highest BCUT2D eigenvalue weighted by Crippen LogP contribution is 2.47. The predicted octanol–water partition coefficient (Wildman–Crippen LogP) is 3.19. The number of sulfonamides is 1. The molecule has 2 unspecified atom stereocenters. The Kier molecular flexibility index (Phi) is 9.20. The number of hydrogen-bond acceptors (Lipinski definition) is 8. The Morgan fingerprint density at radius 2 is 1.80 bits per heavy atom. The van der Waals surface area contributed by atoms with Crippen LogP contribution in [0.15, 0.2) is 59.5 Å². The standard InChI is InChI=1S/C30H40N2O8S/c1-19(2)16-32(41(35,36)23-11-9-21(37-3)10-12-23)17-27(33)26(13-20-7-5-4-6-8-20)31-30(34)40-28-15-22-14-24-25(28)18-38-29(24)39-22/h4-12,19,22,24-29,33H,13-18H2,1-3H3,(H,31,34)/t22?,24-,25-,26+,27-,28?,29-/m1/s1. The fourth-order valence-electron chi connectivity index (χ4n) is 6.12. The number of aliphatic hydroxyl groups is 1. The molecule has 2 heterocycles. The average molecular weight is 589 g/mol. The second kappa shape index (κ2) is 12.7. The maximum atomic E-state index is 13.6. The molecule has 0 spiro atoms. The van der Waals surface area contributed by atoms with Crippen LogP contribution in [0.2, 0.25) is 0 Å². The van der Waals surface area contributed by atoms with Crippen LogP contribution in [0.3, 0.4) is 0 Å². The van der Waals surface area contributed by atoms with Crippen LogP contribution in [0, 0.1) is 17.8 Å². The maximum Gasteiger partial charge on any atom is 0.407 e. The minimum atomic E-state index is -3.94. The summed E-state index contributed by atoms with van der Waals surface area (Å²) in [5.74, 6) is 0.854. The van der Waals surface area contributed by atoms with Gasteiger partial charge in [0.25, 0.3) is 0 Å². The fraction of sp³-hybridized carbons (Fsp3) is 0.567. The maximum absolute atomic E-state index is 13.6. The molecule has 10 nitrogen and oxygen atoms in total. The van der Waals surface area contributed by atoms with Crippen molar-refractivity contribution in [1.82, 2.24) is 9.62 Å². The summed E-state index contributed by atoms with van der Waals surface area (Å²) in [7, 11) is -2.42. The molecule has 3 aliphatic rings. The highest BCUT2D eigenvalue weighted by Gasteiger charge is 2.54. The number of fused-ring (bicyclic) bond motifs is 1. The third kappa shape index (κ3) is 6.86. The summed E-state index contributed by atoms with van der Waals surface area (Å²) in [6, 6.07) is 14.8. The minimum Gasteiger partial charge on any atom is -0.497 e. The zero-order valence-corrected chi connectivity index (χ0v) is 24.5. The fourth-order valence-corrected chi connectivity index (χ4v) is 7.74. The first-order chi connectivity index (χ1) is 19.6. The minimum absolute atomic E-state index is 0.00191. The van der Waals surface area contributed by atoms with Crippen molar-refractivity contribution < 1.29 is 37.3 Å². The van der Waals surface area contributed by atoms with E-state index in [1.165, 1.54) is 23.5 Å². The molecule has 0 radical (unpaired) electrons. The first kappa shape index (κ1) is 29.8. The molecular weight excluding hydrogens is 548 g/mol. The van der Waals surface area contributed by atoms with Crippen LogP contribution < -0.4 is 10.1 Å². The molecule has 2 aromatic carbocycles. The van der Waals surface area contributed by atoms with Gasteiger partial charge < -0.3 is 29.4 Å². The van der Waals surface area contributed by atoms with Gasteiger partial charge in [0.1, 0.15) is 11.9 Å². The Morgan fingerprint density at radius 3 is 2.49 bits per heavy atom. The number of aliphatic hydroxyl groups excluding tert-OH is 1. The monoisotopic (exact) mass is 588 g/mol. The molecule has 0 aromatic heterocycles. The number of nitrogens with one attached hydrogen (secondary N) is 1. The summed E-state index contributed by atoms with van der Waals surface area (Å²) >= 11 is 0. The summed E-state index contributed by atoms with van der Waals surface area (Å²) in [6.45, 7) is 4.31. The molecule has 7 atom stereocenters. The summed E-state index contributed by atoms with van der Waals surface area (Å²) in [5, 5.41) is 14.3. The van der Waals surface area contributed by atoms with E-state index in [1.54, 1.807) is 12.1 Å². The topological polar surface area (TPSA) is 124 Å². The number of alkyl carbamates (subject to hydrolysis) is 1. The highest BCUT2D eigenvalue weighted by atomic mass is 32.2. The smallest absolute Gasteiger partial charge is 0.407 e. The lowest BCUT2D eigenvalue weighted by Gasteiger charge is -2.33. The third-order valence-corrected chi connectivity index (χ3v) is 10.0. The van der Waals surface area contributed by atoms with E-state index < -0.39 is 28.3 Å². The number of benzene rings is 2. The van der Waals surface area contributed by atoms with Gasteiger partial charge in [0, 0.05) is 31.3 Å². The Morgan fingerprint density at radius 1 is 1.07 bits per heavy atom. The van der Waals surface area contributed by atoms with Crippen molar-refractivity contribution in [2.75, 3.05) is 26.8 Å². The number of amides is 1. The largest absolute Gasteiger partial charge is 0.497 e. The summed E-state index contributed by atoms with van der Waals surface area (Å²) in [6.07, 6.45) is -0.570. The number of methoxy groups -OCH3 is 1. The molecule has 1 amide bonds. The van der Waals surface area contributed by atoms with E-state index in [4.69, 9.17) is 18.9 Å². The van der Waals surface area contributed by atoms with Crippen molar-refractivity contribution in [3.8, 4) is 5.75 Å². The second-order valence-corrected chi connectivity index (χ2v) is 13.5. The molecule has 224 valence electrons. The Balaban J connectivity index is 1.32. The summed E-state index contributed by atoms with van der Waals surface area (Å²) in [4.78, 5) is 13.3. The molecule has 1 aliphatic carbocycles. The van der Waals surface area contributed by atoms with Crippen LogP contribution in [-0.2, 0) is 30.7 Å². The molecule has 2 saturated heterocycles. The van der Waals surface area contributed by atoms with Crippen LogP contribution >= 0.6 is 0 Å². The number of carbonyl (C=O) groups excluding carboxylic acids is 1. The van der Waals surface area contributed by atoms with E-state index in [2.05, 4.69) is 5.32 Å². The number of nitrogens with zero attached hydrogens (tertiary/aromatic N) is 1. The SMILES string of the molecule is COc1ccc(S(=O)(=O)N(CC(C)C)C[C@@H](O)[C@H](Cc2ccccc2)NC(=O)OC2CC3C[C@H]4[C@H](OC[C@@H]24)O3)cc1. The first-order valence-electron chi connectivity index (χ1n) is 14.2. The van der Waals surface area contributed by atoms with Gasteiger partial charge in [-0.2, -0.15) is 4.31 Å². The quantitative estimate of drug-likeness (QED) is 0.388. The molecule has 3 fully saturated rings. The summed E-state index contributed by atoms with van der Waals surface area (Å²) in [5.41, 5.74) is 0.890.